The molecule has 0 aromatic rings. The molecule has 0 heterocycles. The molecule has 9 heavy (non-hydrogen) atoms. The monoisotopic (exact) mass is 192 g/mol. The van der Waals surface area contributed by atoms with E-state index >= 15 is 0 Å². The average molecular weight is 193 g/mol. The predicted molar refractivity (Wildman–Crippen MR) is 39.5 cm³/mol. The van der Waals surface area contributed by atoms with E-state index in [1.807, 2.05) is 0 Å². The van der Waals surface area contributed by atoms with E-state index < -0.39 is 11.4 Å². The van der Waals surface area contributed by atoms with E-state index in [4.69, 9.17) is 5.11 Å². The number of aliphatic carboxylic acids is 1. The normalized spacial score (nSPS) is 12.3. The van der Waals surface area contributed by atoms with Gasteiger partial charge < -0.3 is 5.11 Å². The first-order valence-electron chi connectivity index (χ1n) is 2.52. The van der Waals surface area contributed by atoms with E-state index in [1.165, 1.54) is 0 Å². The van der Waals surface area contributed by atoms with E-state index in [1.54, 1.807) is 24.9 Å². The van der Waals surface area contributed by atoms with Crippen LogP contribution in [0.3, 0.4) is 0 Å². The minimum Gasteiger partial charge on any atom is -0.481 e. The molecule has 0 amide bonds. The average Bonchev–Trinajstić information content (AvgIpc) is 1.65. The van der Waals surface area contributed by atoms with E-state index in [0.29, 0.717) is 0 Å². The van der Waals surface area contributed by atoms with Crippen molar-refractivity contribution >= 4 is 21.9 Å². The summed E-state index contributed by atoms with van der Waals surface area (Å²) in [7, 11) is 0. The quantitative estimate of drug-likeness (QED) is 0.728. The Hall–Kier alpha value is -0.310. The predicted octanol–water partition coefficient (Wildman–Crippen LogP) is 2.01. The summed E-state index contributed by atoms with van der Waals surface area (Å²) in [4.78, 5) is 11.9. The first-order chi connectivity index (χ1) is 4.00. The van der Waals surface area contributed by atoms with Crippen LogP contribution in [-0.4, -0.2) is 11.1 Å². The van der Waals surface area contributed by atoms with Crippen molar-refractivity contribution in [3.63, 3.8) is 0 Å². The molecular formula is C6H9BrO2. The molecule has 0 rings (SSSR count). The van der Waals surface area contributed by atoms with Gasteiger partial charge in [0.15, 0.2) is 0 Å². The molecule has 0 bridgehead atoms. The first kappa shape index (κ1) is 8.69. The Morgan fingerprint density at radius 2 is 2.11 bits per heavy atom. The third-order valence-corrected chi connectivity index (χ3v) is 1.30. The smallest absolute Gasteiger partial charge is 0.312 e. The van der Waals surface area contributed by atoms with Crippen molar-refractivity contribution in [3.8, 4) is 0 Å². The lowest BCUT2D eigenvalue weighted by molar-refractivity contribution is -0.144. The number of halogens is 1. The van der Waals surface area contributed by atoms with Crippen molar-refractivity contribution in [3.05, 3.63) is 11.1 Å². The van der Waals surface area contributed by atoms with Gasteiger partial charge in [0.25, 0.3) is 0 Å². The maximum atomic E-state index is 10.3. The summed E-state index contributed by atoms with van der Waals surface area (Å²) >= 11 is 3.01. The van der Waals surface area contributed by atoms with Crippen LogP contribution in [0.2, 0.25) is 0 Å². The number of rotatable bonds is 2. The van der Waals surface area contributed by atoms with Crippen molar-refractivity contribution < 1.29 is 9.90 Å². The summed E-state index contributed by atoms with van der Waals surface area (Å²) in [6.45, 7) is 3.26. The van der Waals surface area contributed by atoms with Gasteiger partial charge in [0, 0.05) is 0 Å². The van der Waals surface area contributed by atoms with Crippen LogP contribution in [0.5, 0.6) is 0 Å². The molecule has 0 aliphatic heterocycles. The SMILES string of the molecule is CC(C)(/C=C/Br)C(=O)O. The number of hydrogen-bond acceptors (Lipinski definition) is 1. The molecule has 0 aromatic heterocycles. The van der Waals surface area contributed by atoms with E-state index in [-0.39, 0.29) is 0 Å². The lowest BCUT2D eigenvalue weighted by Gasteiger charge is -2.11. The second-order valence-corrected chi connectivity index (χ2v) is 2.85. The van der Waals surface area contributed by atoms with Gasteiger partial charge in [0.05, 0.1) is 5.41 Å². The largest absolute Gasteiger partial charge is 0.481 e. The summed E-state index contributed by atoms with van der Waals surface area (Å²) in [6.07, 6.45) is 1.58. The van der Waals surface area contributed by atoms with Crippen molar-refractivity contribution in [2.24, 2.45) is 5.41 Å². The molecule has 0 saturated carbocycles. The Morgan fingerprint density at radius 1 is 1.67 bits per heavy atom. The number of carboxylic acid groups (broad SMARTS) is 1. The fraction of sp³-hybridized carbons (Fsp3) is 0.500. The molecule has 0 aliphatic rings. The standard InChI is InChI=1S/C6H9BrO2/c1-6(2,3-4-7)5(8)9/h3-4H,1-2H3,(H,8,9)/b4-3+. The fourth-order valence-corrected chi connectivity index (χ4v) is 0.890. The van der Waals surface area contributed by atoms with Crippen LogP contribution >= 0.6 is 15.9 Å². The molecule has 0 radical (unpaired) electrons. The second-order valence-electron chi connectivity index (χ2n) is 2.32. The highest BCUT2D eigenvalue weighted by Gasteiger charge is 2.22. The molecule has 52 valence electrons. The highest BCUT2D eigenvalue weighted by molar-refractivity contribution is 9.11. The van der Waals surface area contributed by atoms with E-state index in [2.05, 4.69) is 15.9 Å². The Bertz CT molecular complexity index is 138. The van der Waals surface area contributed by atoms with Gasteiger partial charge in [0.1, 0.15) is 0 Å². The van der Waals surface area contributed by atoms with Crippen LogP contribution in [-0.2, 0) is 4.79 Å². The maximum Gasteiger partial charge on any atom is 0.312 e. The van der Waals surface area contributed by atoms with Crippen LogP contribution in [0.25, 0.3) is 0 Å². The van der Waals surface area contributed by atoms with Crippen molar-refractivity contribution in [1.29, 1.82) is 0 Å². The van der Waals surface area contributed by atoms with Gasteiger partial charge in [-0.2, -0.15) is 0 Å². The van der Waals surface area contributed by atoms with Gasteiger partial charge in [-0.15, -0.1) is 0 Å². The van der Waals surface area contributed by atoms with Crippen LogP contribution < -0.4 is 0 Å². The topological polar surface area (TPSA) is 37.3 Å². The van der Waals surface area contributed by atoms with Crippen molar-refractivity contribution in [2.45, 2.75) is 13.8 Å². The van der Waals surface area contributed by atoms with Crippen molar-refractivity contribution in [1.82, 2.24) is 0 Å². The number of carbonyl (C=O) groups is 1. The van der Waals surface area contributed by atoms with Gasteiger partial charge in [-0.05, 0) is 18.8 Å². The Kier molecular flexibility index (Phi) is 2.91. The molecule has 0 spiro atoms. The van der Waals surface area contributed by atoms with Crippen LogP contribution in [0.15, 0.2) is 11.1 Å². The van der Waals surface area contributed by atoms with Crippen LogP contribution in [0.4, 0.5) is 0 Å². The van der Waals surface area contributed by atoms with Crippen molar-refractivity contribution in [2.75, 3.05) is 0 Å². The minimum absolute atomic E-state index is 0.760. The van der Waals surface area contributed by atoms with E-state index in [0.717, 1.165) is 0 Å². The Balaban J connectivity index is 4.19. The zero-order valence-corrected chi connectivity index (χ0v) is 6.97. The molecule has 0 aromatic carbocycles. The van der Waals surface area contributed by atoms with Gasteiger partial charge in [-0.1, -0.05) is 22.0 Å². The molecule has 2 nitrogen and oxygen atoms in total. The number of carboxylic acids is 1. The summed E-state index contributed by atoms with van der Waals surface area (Å²) in [5.41, 5.74) is -0.760. The van der Waals surface area contributed by atoms with E-state index in [9.17, 15) is 4.79 Å². The molecule has 0 aliphatic carbocycles. The fourth-order valence-electron chi connectivity index (χ4n) is 0.229. The molecule has 1 N–H and O–H groups in total. The highest BCUT2D eigenvalue weighted by atomic mass is 79.9. The lowest BCUT2D eigenvalue weighted by Crippen LogP contribution is -2.20. The summed E-state index contributed by atoms with van der Waals surface area (Å²) < 4.78 is 0. The summed E-state index contributed by atoms with van der Waals surface area (Å²) in [6, 6.07) is 0. The summed E-state index contributed by atoms with van der Waals surface area (Å²) in [5.74, 6) is -0.821. The first-order valence-corrected chi connectivity index (χ1v) is 3.43. The molecule has 0 saturated heterocycles. The maximum absolute atomic E-state index is 10.3. The van der Waals surface area contributed by atoms with Gasteiger partial charge in [0.2, 0.25) is 0 Å². The molecule has 0 unspecified atom stereocenters. The third kappa shape index (κ3) is 2.65. The molecule has 0 atom stereocenters. The molecule has 3 heteroatoms. The van der Waals surface area contributed by atoms with Gasteiger partial charge >= 0.3 is 5.97 Å². The Morgan fingerprint density at radius 3 is 2.22 bits per heavy atom. The van der Waals surface area contributed by atoms with Crippen LogP contribution in [0, 0.1) is 5.41 Å². The zero-order chi connectivity index (χ0) is 7.49. The van der Waals surface area contributed by atoms with Crippen LogP contribution in [0.1, 0.15) is 13.8 Å². The number of hydrogen-bond donors (Lipinski definition) is 1. The minimum atomic E-state index is -0.821. The zero-order valence-electron chi connectivity index (χ0n) is 5.39. The van der Waals surface area contributed by atoms with Gasteiger partial charge in [-0.25, -0.2) is 0 Å². The highest BCUT2D eigenvalue weighted by Crippen LogP contribution is 2.17. The Labute approximate surface area is 62.7 Å². The summed E-state index contributed by atoms with van der Waals surface area (Å²) in [5, 5.41) is 8.50. The lowest BCUT2D eigenvalue weighted by atomic mass is 9.95. The second kappa shape index (κ2) is 3.01. The van der Waals surface area contributed by atoms with Gasteiger partial charge in [-0.3, -0.25) is 4.79 Å². The third-order valence-electron chi connectivity index (χ3n) is 1.03. The molecule has 0 fully saturated rings. The molecular weight excluding hydrogens is 184 g/mol.